The van der Waals surface area contributed by atoms with Crippen molar-refractivity contribution in [3.63, 3.8) is 0 Å². The van der Waals surface area contributed by atoms with E-state index in [0.29, 0.717) is 0 Å². The Balaban J connectivity index is -0.0000000800. The minimum Gasteiger partial charge on any atom is -0.295 e. The van der Waals surface area contributed by atoms with Gasteiger partial charge >= 0.3 is 0 Å². The molecule has 1 nitrogen and oxygen atoms in total. The van der Waals surface area contributed by atoms with E-state index in [2.05, 4.69) is 6.58 Å². The number of rotatable bonds is 1. The number of hydrogen-bond acceptors (Lipinski definition) is 1. The van der Waals surface area contributed by atoms with Gasteiger partial charge in [-0.1, -0.05) is 21.4 Å². The van der Waals surface area contributed by atoms with Crippen LogP contribution in [-0.2, 0) is 4.79 Å². The predicted octanol–water partition coefficient (Wildman–Crippen LogP) is 2.03. The Morgan fingerprint density at radius 3 is 1.71 bits per heavy atom. The molecule has 0 atom stereocenters. The fourth-order valence-corrected chi connectivity index (χ4v) is 0. The Morgan fingerprint density at radius 1 is 1.57 bits per heavy atom. The van der Waals surface area contributed by atoms with Crippen LogP contribution in [0.4, 0.5) is 0 Å². The second-order valence-corrected chi connectivity index (χ2v) is 0.815. The van der Waals surface area contributed by atoms with Crippen molar-refractivity contribution in [2.24, 2.45) is 0 Å². The van der Waals surface area contributed by atoms with Crippen molar-refractivity contribution >= 4 is 5.78 Å². The molecule has 0 radical (unpaired) electrons. The van der Waals surface area contributed by atoms with E-state index >= 15 is 0 Å². The summed E-state index contributed by atoms with van der Waals surface area (Å²) in [7, 11) is 0. The summed E-state index contributed by atoms with van der Waals surface area (Å²) in [5.74, 6) is 0.0185. The van der Waals surface area contributed by atoms with Crippen LogP contribution in [0.15, 0.2) is 12.7 Å². The smallest absolute Gasteiger partial charge is 0.152 e. The molecule has 0 aromatic heterocycles. The molecule has 0 fully saturated rings. The molecule has 0 aliphatic heterocycles. The number of ketones is 1. The summed E-state index contributed by atoms with van der Waals surface area (Å²) in [4.78, 5) is 9.69. The Morgan fingerprint density at radius 2 is 1.71 bits per heavy atom. The third-order valence-corrected chi connectivity index (χ3v) is 0.287. The van der Waals surface area contributed by atoms with Gasteiger partial charge in [0.15, 0.2) is 5.78 Å². The Labute approximate surface area is 46.0 Å². The molecule has 0 heterocycles. The highest BCUT2D eigenvalue weighted by molar-refractivity contribution is 5.86. The average molecular weight is 102 g/mol. The SMILES string of the molecule is C.C.C=CC(C)=O. The fourth-order valence-electron chi connectivity index (χ4n) is 0. The lowest BCUT2D eigenvalue weighted by Crippen LogP contribution is -1.74. The first-order chi connectivity index (χ1) is 2.27. The second kappa shape index (κ2) is 9.05. The van der Waals surface area contributed by atoms with Crippen molar-refractivity contribution in [2.45, 2.75) is 21.8 Å². The van der Waals surface area contributed by atoms with Gasteiger partial charge in [-0.05, 0) is 13.0 Å². The topological polar surface area (TPSA) is 17.1 Å². The predicted molar refractivity (Wildman–Crippen MR) is 34.3 cm³/mol. The molecule has 0 aromatic rings. The van der Waals surface area contributed by atoms with Gasteiger partial charge in [0.2, 0.25) is 0 Å². The third kappa shape index (κ3) is 31.6. The molecule has 0 aliphatic carbocycles. The van der Waals surface area contributed by atoms with E-state index in [1.807, 2.05) is 0 Å². The molecule has 0 aromatic carbocycles. The first-order valence-electron chi connectivity index (χ1n) is 1.40. The summed E-state index contributed by atoms with van der Waals surface area (Å²) in [6.07, 6.45) is 1.28. The van der Waals surface area contributed by atoms with Gasteiger partial charge in [-0.25, -0.2) is 0 Å². The van der Waals surface area contributed by atoms with Crippen LogP contribution in [0.25, 0.3) is 0 Å². The van der Waals surface area contributed by atoms with Gasteiger partial charge in [-0.3, -0.25) is 4.79 Å². The van der Waals surface area contributed by atoms with Gasteiger partial charge in [0.1, 0.15) is 0 Å². The monoisotopic (exact) mass is 102 g/mol. The number of carbonyl (C=O) groups is 1. The lowest BCUT2D eigenvalue weighted by molar-refractivity contribution is -0.112. The molecule has 0 saturated heterocycles. The third-order valence-electron chi connectivity index (χ3n) is 0.287. The van der Waals surface area contributed by atoms with E-state index in [4.69, 9.17) is 0 Å². The molecule has 1 heteroatoms. The minimum absolute atomic E-state index is 0. The summed E-state index contributed by atoms with van der Waals surface area (Å²) in [5.41, 5.74) is 0. The maximum Gasteiger partial charge on any atom is 0.152 e. The van der Waals surface area contributed by atoms with Crippen LogP contribution < -0.4 is 0 Å². The maximum absolute atomic E-state index is 9.69. The molecular weight excluding hydrogens is 88.1 g/mol. The van der Waals surface area contributed by atoms with Gasteiger partial charge in [-0.15, -0.1) is 0 Å². The normalized spacial score (nSPS) is 4.71. The molecule has 0 aliphatic rings. The van der Waals surface area contributed by atoms with Gasteiger partial charge in [0, 0.05) is 0 Å². The molecule has 0 amide bonds. The van der Waals surface area contributed by atoms with Crippen LogP contribution in [0, 0.1) is 0 Å². The second-order valence-electron chi connectivity index (χ2n) is 0.815. The van der Waals surface area contributed by atoms with Crippen molar-refractivity contribution in [3.8, 4) is 0 Å². The van der Waals surface area contributed by atoms with E-state index in [-0.39, 0.29) is 20.6 Å². The Kier molecular flexibility index (Phi) is 20.9. The lowest BCUT2D eigenvalue weighted by atomic mass is 10.5. The van der Waals surface area contributed by atoms with Crippen LogP contribution in [-0.4, -0.2) is 5.78 Å². The molecule has 0 saturated carbocycles. The molecule has 44 valence electrons. The van der Waals surface area contributed by atoms with E-state index < -0.39 is 0 Å². The number of hydrogen-bond donors (Lipinski definition) is 0. The Hall–Kier alpha value is -0.590. The first-order valence-corrected chi connectivity index (χ1v) is 1.40. The summed E-state index contributed by atoms with van der Waals surface area (Å²) < 4.78 is 0. The molecule has 7 heavy (non-hydrogen) atoms. The molecule has 0 unspecified atom stereocenters. The molecule has 0 spiro atoms. The van der Waals surface area contributed by atoms with Gasteiger partial charge in [-0.2, -0.15) is 0 Å². The number of allylic oxidation sites excluding steroid dienone is 1. The van der Waals surface area contributed by atoms with Crippen molar-refractivity contribution in [2.75, 3.05) is 0 Å². The summed E-state index contributed by atoms with van der Waals surface area (Å²) in [5, 5.41) is 0. The fraction of sp³-hybridized carbons (Fsp3) is 0.500. The van der Waals surface area contributed by atoms with E-state index in [1.54, 1.807) is 0 Å². The highest BCUT2D eigenvalue weighted by atomic mass is 16.1. The highest BCUT2D eigenvalue weighted by Crippen LogP contribution is 1.60. The van der Waals surface area contributed by atoms with E-state index in [0.717, 1.165) is 0 Å². The van der Waals surface area contributed by atoms with Gasteiger partial charge < -0.3 is 0 Å². The maximum atomic E-state index is 9.69. The van der Waals surface area contributed by atoms with Crippen LogP contribution >= 0.6 is 0 Å². The van der Waals surface area contributed by atoms with Gasteiger partial charge in [0.25, 0.3) is 0 Å². The highest BCUT2D eigenvalue weighted by Gasteiger charge is 1.69. The van der Waals surface area contributed by atoms with Crippen molar-refractivity contribution in [1.29, 1.82) is 0 Å². The van der Waals surface area contributed by atoms with Crippen molar-refractivity contribution in [3.05, 3.63) is 12.7 Å². The van der Waals surface area contributed by atoms with E-state index in [9.17, 15) is 4.79 Å². The molecular formula is C6H14O. The van der Waals surface area contributed by atoms with Crippen LogP contribution in [0.2, 0.25) is 0 Å². The largest absolute Gasteiger partial charge is 0.295 e. The first kappa shape index (κ1) is 16.1. The molecule has 0 N–H and O–H groups in total. The van der Waals surface area contributed by atoms with Crippen molar-refractivity contribution < 1.29 is 4.79 Å². The van der Waals surface area contributed by atoms with Crippen LogP contribution in [0.3, 0.4) is 0 Å². The number of carbonyl (C=O) groups excluding carboxylic acids is 1. The summed E-state index contributed by atoms with van der Waals surface area (Å²) in [6.45, 7) is 4.68. The Bertz CT molecular complexity index is 55.2. The van der Waals surface area contributed by atoms with Gasteiger partial charge in [0.05, 0.1) is 0 Å². The van der Waals surface area contributed by atoms with E-state index in [1.165, 1.54) is 13.0 Å². The molecule has 0 bridgehead atoms. The zero-order chi connectivity index (χ0) is 4.28. The summed E-state index contributed by atoms with van der Waals surface area (Å²) >= 11 is 0. The van der Waals surface area contributed by atoms with Crippen molar-refractivity contribution in [1.82, 2.24) is 0 Å². The quantitative estimate of drug-likeness (QED) is 0.463. The average Bonchev–Trinajstić information content (AvgIpc) is 1.38. The molecule has 0 rings (SSSR count). The van der Waals surface area contributed by atoms with Crippen LogP contribution in [0.5, 0.6) is 0 Å². The zero-order valence-electron chi connectivity index (χ0n) is 3.19. The minimum atomic E-state index is 0. The van der Waals surface area contributed by atoms with Crippen LogP contribution in [0.1, 0.15) is 21.8 Å². The standard InChI is InChI=1S/C4H6O.2CH4/c1-3-4(2)5;;/h3H,1H2,2H3;2*1H4. The lowest BCUT2D eigenvalue weighted by Gasteiger charge is -1.62. The summed E-state index contributed by atoms with van der Waals surface area (Å²) in [6, 6.07) is 0. The zero-order valence-corrected chi connectivity index (χ0v) is 3.19.